The molecule has 78 valence electrons. The summed E-state index contributed by atoms with van der Waals surface area (Å²) in [5, 5.41) is 0. The van der Waals surface area contributed by atoms with Crippen molar-refractivity contribution >= 4 is 0 Å². The third-order valence-electron chi connectivity index (χ3n) is 2.61. The summed E-state index contributed by atoms with van der Waals surface area (Å²) in [5.41, 5.74) is 0.00662. The maximum absolute atomic E-state index is 5.79. The van der Waals surface area contributed by atoms with Gasteiger partial charge >= 0.3 is 0 Å². The molecule has 0 spiro atoms. The molecule has 1 unspecified atom stereocenters. The van der Waals surface area contributed by atoms with Crippen LogP contribution >= 0.6 is 0 Å². The molecule has 13 heavy (non-hydrogen) atoms. The van der Waals surface area contributed by atoms with E-state index in [1.54, 1.807) is 0 Å². The normalized spacial score (nSPS) is 31.2. The summed E-state index contributed by atoms with van der Waals surface area (Å²) >= 11 is 0. The van der Waals surface area contributed by atoms with Crippen molar-refractivity contribution in [1.82, 2.24) is 4.90 Å². The van der Waals surface area contributed by atoms with Crippen LogP contribution in [0.3, 0.4) is 0 Å². The van der Waals surface area contributed by atoms with Gasteiger partial charge in [0.25, 0.3) is 0 Å². The number of nitrogens with zero attached hydrogens (tertiary/aromatic N) is 1. The zero-order valence-corrected chi connectivity index (χ0v) is 9.63. The molecule has 2 nitrogen and oxygen atoms in total. The number of hydrogen-bond acceptors (Lipinski definition) is 2. The Kier molecular flexibility index (Phi) is 3.36. The van der Waals surface area contributed by atoms with Gasteiger partial charge in [0.05, 0.1) is 12.2 Å². The maximum atomic E-state index is 5.79. The van der Waals surface area contributed by atoms with Gasteiger partial charge in [0.1, 0.15) is 0 Å². The van der Waals surface area contributed by atoms with Crippen LogP contribution in [0.15, 0.2) is 0 Å². The molecule has 0 aromatic heterocycles. The van der Waals surface area contributed by atoms with Crippen molar-refractivity contribution < 1.29 is 4.74 Å². The molecule has 0 saturated carbocycles. The van der Waals surface area contributed by atoms with Gasteiger partial charge in [-0.05, 0) is 40.2 Å². The van der Waals surface area contributed by atoms with Crippen molar-refractivity contribution in [1.29, 1.82) is 0 Å². The molecule has 0 amide bonds. The summed E-state index contributed by atoms with van der Waals surface area (Å²) < 4.78 is 5.79. The summed E-state index contributed by atoms with van der Waals surface area (Å²) in [5.74, 6) is 0.832. The molecule has 1 fully saturated rings. The molecular weight excluding hydrogens is 162 g/mol. The number of likely N-dealkylation sites (N-methyl/N-ethyl adjacent to an activating group) is 1. The largest absolute Gasteiger partial charge is 0.374 e. The summed E-state index contributed by atoms with van der Waals surface area (Å²) in [7, 11) is 2.19. The SMILES string of the molecule is CC1C[C@@H](COC(C)(C)C)N(C)C1. The fourth-order valence-electron chi connectivity index (χ4n) is 1.90. The van der Waals surface area contributed by atoms with E-state index in [9.17, 15) is 0 Å². The van der Waals surface area contributed by atoms with E-state index in [0.717, 1.165) is 12.5 Å². The Balaban J connectivity index is 2.30. The lowest BCUT2D eigenvalue weighted by atomic mass is 10.1. The van der Waals surface area contributed by atoms with Gasteiger partial charge in [-0.15, -0.1) is 0 Å². The van der Waals surface area contributed by atoms with Crippen LogP contribution in [0.25, 0.3) is 0 Å². The predicted molar refractivity (Wildman–Crippen MR) is 55.9 cm³/mol. The average Bonchev–Trinajstić information content (AvgIpc) is 2.24. The topological polar surface area (TPSA) is 12.5 Å². The third-order valence-corrected chi connectivity index (χ3v) is 2.61. The highest BCUT2D eigenvalue weighted by Gasteiger charge is 2.27. The van der Waals surface area contributed by atoms with Crippen molar-refractivity contribution in [3.05, 3.63) is 0 Å². The fraction of sp³-hybridized carbons (Fsp3) is 1.00. The van der Waals surface area contributed by atoms with Crippen molar-refractivity contribution in [3.8, 4) is 0 Å². The smallest absolute Gasteiger partial charge is 0.0628 e. The lowest BCUT2D eigenvalue weighted by molar-refractivity contribution is -0.0252. The minimum atomic E-state index is 0.00662. The summed E-state index contributed by atoms with van der Waals surface area (Å²) in [6.07, 6.45) is 1.28. The number of hydrogen-bond donors (Lipinski definition) is 0. The highest BCUT2D eigenvalue weighted by Crippen LogP contribution is 2.22. The van der Waals surface area contributed by atoms with Crippen LogP contribution in [0.4, 0.5) is 0 Å². The predicted octanol–water partition coefficient (Wildman–Crippen LogP) is 2.14. The maximum Gasteiger partial charge on any atom is 0.0628 e. The van der Waals surface area contributed by atoms with Gasteiger partial charge in [-0.3, -0.25) is 0 Å². The molecule has 1 rings (SSSR count). The van der Waals surface area contributed by atoms with Crippen molar-refractivity contribution in [2.24, 2.45) is 5.92 Å². The van der Waals surface area contributed by atoms with Crippen LogP contribution in [0.5, 0.6) is 0 Å². The van der Waals surface area contributed by atoms with E-state index < -0.39 is 0 Å². The highest BCUT2D eigenvalue weighted by molar-refractivity contribution is 4.81. The molecule has 1 heterocycles. The van der Waals surface area contributed by atoms with Gasteiger partial charge < -0.3 is 9.64 Å². The Morgan fingerprint density at radius 3 is 2.38 bits per heavy atom. The third kappa shape index (κ3) is 3.65. The van der Waals surface area contributed by atoms with Crippen LogP contribution in [0.2, 0.25) is 0 Å². The first kappa shape index (κ1) is 11.0. The highest BCUT2D eigenvalue weighted by atomic mass is 16.5. The van der Waals surface area contributed by atoms with Crippen LogP contribution in [0.1, 0.15) is 34.1 Å². The van der Waals surface area contributed by atoms with E-state index in [1.807, 2.05) is 0 Å². The molecule has 0 aromatic carbocycles. The Hall–Kier alpha value is -0.0800. The van der Waals surface area contributed by atoms with Gasteiger partial charge in [0.2, 0.25) is 0 Å². The van der Waals surface area contributed by atoms with E-state index in [0.29, 0.717) is 6.04 Å². The molecular formula is C11H23NO. The van der Waals surface area contributed by atoms with Crippen LogP contribution in [0, 0.1) is 5.92 Å². The molecule has 0 aromatic rings. The van der Waals surface area contributed by atoms with Crippen molar-refractivity contribution in [2.75, 3.05) is 20.2 Å². The molecule has 1 aliphatic rings. The van der Waals surface area contributed by atoms with Crippen LogP contribution in [-0.2, 0) is 4.74 Å². The van der Waals surface area contributed by atoms with Crippen LogP contribution in [-0.4, -0.2) is 36.7 Å². The van der Waals surface area contributed by atoms with E-state index in [1.165, 1.54) is 13.0 Å². The molecule has 1 saturated heterocycles. The second-order valence-corrected chi connectivity index (χ2v) is 5.36. The first-order valence-electron chi connectivity index (χ1n) is 5.22. The Morgan fingerprint density at radius 2 is 2.00 bits per heavy atom. The second-order valence-electron chi connectivity index (χ2n) is 5.36. The fourth-order valence-corrected chi connectivity index (χ4v) is 1.90. The monoisotopic (exact) mass is 185 g/mol. The van der Waals surface area contributed by atoms with Gasteiger partial charge in [-0.2, -0.15) is 0 Å². The zero-order valence-electron chi connectivity index (χ0n) is 9.63. The van der Waals surface area contributed by atoms with Crippen molar-refractivity contribution in [2.45, 2.75) is 45.8 Å². The Bertz CT molecular complexity index is 162. The minimum Gasteiger partial charge on any atom is -0.374 e. The van der Waals surface area contributed by atoms with E-state index in [2.05, 4.69) is 39.6 Å². The van der Waals surface area contributed by atoms with Gasteiger partial charge in [0.15, 0.2) is 0 Å². The van der Waals surface area contributed by atoms with E-state index >= 15 is 0 Å². The second kappa shape index (κ2) is 3.97. The van der Waals surface area contributed by atoms with Crippen LogP contribution < -0.4 is 0 Å². The lowest BCUT2D eigenvalue weighted by Gasteiger charge is -2.25. The molecule has 0 aliphatic carbocycles. The number of rotatable bonds is 2. The van der Waals surface area contributed by atoms with Crippen molar-refractivity contribution in [3.63, 3.8) is 0 Å². The standard InChI is InChI=1S/C11H23NO/c1-9-6-10(12(5)7-9)8-13-11(2,3)4/h9-10H,6-8H2,1-5H3/t9?,10-/m0/s1. The summed E-state index contributed by atoms with van der Waals surface area (Å²) in [6, 6.07) is 0.634. The zero-order chi connectivity index (χ0) is 10.1. The molecule has 0 bridgehead atoms. The van der Waals surface area contributed by atoms with Gasteiger partial charge in [-0.25, -0.2) is 0 Å². The average molecular weight is 185 g/mol. The van der Waals surface area contributed by atoms with E-state index in [-0.39, 0.29) is 5.60 Å². The molecule has 1 aliphatic heterocycles. The molecule has 2 heteroatoms. The minimum absolute atomic E-state index is 0.00662. The van der Waals surface area contributed by atoms with Gasteiger partial charge in [0, 0.05) is 12.6 Å². The number of ether oxygens (including phenoxy) is 1. The first-order valence-corrected chi connectivity index (χ1v) is 5.22. The van der Waals surface area contributed by atoms with Gasteiger partial charge in [-0.1, -0.05) is 6.92 Å². The Labute approximate surface area is 82.3 Å². The molecule has 0 N–H and O–H groups in total. The quantitative estimate of drug-likeness (QED) is 0.653. The Morgan fingerprint density at radius 1 is 1.38 bits per heavy atom. The lowest BCUT2D eigenvalue weighted by Crippen LogP contribution is -2.33. The first-order chi connectivity index (χ1) is 5.88. The molecule has 0 radical (unpaired) electrons. The molecule has 2 atom stereocenters. The summed E-state index contributed by atoms with van der Waals surface area (Å²) in [4.78, 5) is 2.41. The van der Waals surface area contributed by atoms with E-state index in [4.69, 9.17) is 4.74 Å². The number of likely N-dealkylation sites (tertiary alicyclic amines) is 1. The summed E-state index contributed by atoms with van der Waals surface area (Å²) in [6.45, 7) is 10.8.